The van der Waals surface area contributed by atoms with Gasteiger partial charge in [0.25, 0.3) is 0 Å². The highest BCUT2D eigenvalue weighted by Crippen LogP contribution is 2.24. The SMILES string of the molecule is COc1c(C)cnc(CN[C@H](C)c2ccc(F)cc2)c1C. The maximum Gasteiger partial charge on any atom is 0.128 e. The maximum absolute atomic E-state index is 12.9. The van der Waals surface area contributed by atoms with Gasteiger partial charge in [-0.1, -0.05) is 12.1 Å². The van der Waals surface area contributed by atoms with Gasteiger partial charge in [-0.25, -0.2) is 4.39 Å². The Morgan fingerprint density at radius 3 is 2.52 bits per heavy atom. The van der Waals surface area contributed by atoms with Crippen molar-refractivity contribution in [2.24, 2.45) is 0 Å². The molecule has 1 N–H and O–H groups in total. The molecule has 1 heterocycles. The minimum atomic E-state index is -0.216. The van der Waals surface area contributed by atoms with E-state index in [-0.39, 0.29) is 11.9 Å². The molecule has 0 amide bonds. The predicted molar refractivity (Wildman–Crippen MR) is 81.9 cm³/mol. The second kappa shape index (κ2) is 6.68. The minimum Gasteiger partial charge on any atom is -0.496 e. The van der Waals surface area contributed by atoms with E-state index in [9.17, 15) is 4.39 Å². The van der Waals surface area contributed by atoms with Gasteiger partial charge in [0, 0.05) is 29.9 Å². The molecule has 1 atom stereocenters. The number of ether oxygens (including phenoxy) is 1. The number of hydrogen-bond acceptors (Lipinski definition) is 3. The fourth-order valence-corrected chi connectivity index (χ4v) is 2.37. The Hall–Kier alpha value is -1.94. The molecule has 1 aromatic carbocycles. The molecular formula is C17H21FN2O. The largest absolute Gasteiger partial charge is 0.496 e. The molecule has 2 rings (SSSR count). The summed E-state index contributed by atoms with van der Waals surface area (Å²) in [7, 11) is 1.67. The molecule has 0 radical (unpaired) electrons. The summed E-state index contributed by atoms with van der Waals surface area (Å²) in [6.07, 6.45) is 1.82. The van der Waals surface area contributed by atoms with E-state index in [2.05, 4.69) is 10.3 Å². The highest BCUT2D eigenvalue weighted by molar-refractivity contribution is 5.41. The first-order valence-corrected chi connectivity index (χ1v) is 7.01. The fourth-order valence-electron chi connectivity index (χ4n) is 2.37. The molecule has 1 aromatic heterocycles. The summed E-state index contributed by atoms with van der Waals surface area (Å²) in [5.74, 6) is 0.669. The van der Waals surface area contributed by atoms with Crippen molar-refractivity contribution in [3.05, 3.63) is 58.7 Å². The van der Waals surface area contributed by atoms with Crippen LogP contribution in [-0.2, 0) is 6.54 Å². The minimum absolute atomic E-state index is 0.124. The van der Waals surface area contributed by atoms with Gasteiger partial charge >= 0.3 is 0 Å². The number of halogens is 1. The lowest BCUT2D eigenvalue weighted by atomic mass is 10.1. The molecular weight excluding hydrogens is 267 g/mol. The van der Waals surface area contributed by atoms with Crippen molar-refractivity contribution in [2.75, 3.05) is 7.11 Å². The highest BCUT2D eigenvalue weighted by atomic mass is 19.1. The van der Waals surface area contributed by atoms with Crippen LogP contribution >= 0.6 is 0 Å². The van der Waals surface area contributed by atoms with Crippen LogP contribution in [0.5, 0.6) is 5.75 Å². The third-order valence-electron chi connectivity index (χ3n) is 3.70. The molecule has 3 nitrogen and oxygen atoms in total. The fraction of sp³-hybridized carbons (Fsp3) is 0.353. The Labute approximate surface area is 125 Å². The van der Waals surface area contributed by atoms with Gasteiger partial charge in [-0.15, -0.1) is 0 Å². The van der Waals surface area contributed by atoms with E-state index in [1.807, 2.05) is 27.0 Å². The summed E-state index contributed by atoms with van der Waals surface area (Å²) < 4.78 is 18.3. The number of nitrogens with one attached hydrogen (secondary N) is 1. The molecule has 21 heavy (non-hydrogen) atoms. The molecule has 112 valence electrons. The highest BCUT2D eigenvalue weighted by Gasteiger charge is 2.11. The van der Waals surface area contributed by atoms with E-state index in [4.69, 9.17) is 4.74 Å². The van der Waals surface area contributed by atoms with Gasteiger partial charge in [0.1, 0.15) is 11.6 Å². The van der Waals surface area contributed by atoms with Crippen molar-refractivity contribution in [1.29, 1.82) is 0 Å². The molecule has 0 spiro atoms. The van der Waals surface area contributed by atoms with Gasteiger partial charge in [0.05, 0.1) is 12.8 Å². The Balaban J connectivity index is 2.08. The number of aryl methyl sites for hydroxylation is 1. The van der Waals surface area contributed by atoms with Crippen molar-refractivity contribution in [3.63, 3.8) is 0 Å². The average Bonchev–Trinajstić information content (AvgIpc) is 2.47. The van der Waals surface area contributed by atoms with Crippen LogP contribution in [0.2, 0.25) is 0 Å². The summed E-state index contributed by atoms with van der Waals surface area (Å²) >= 11 is 0. The van der Waals surface area contributed by atoms with Crippen LogP contribution in [0, 0.1) is 19.7 Å². The first-order chi connectivity index (χ1) is 10.0. The lowest BCUT2D eigenvalue weighted by molar-refractivity contribution is 0.406. The predicted octanol–water partition coefficient (Wildman–Crippen LogP) is 3.70. The Morgan fingerprint density at radius 2 is 1.90 bits per heavy atom. The second-order valence-electron chi connectivity index (χ2n) is 5.20. The lowest BCUT2D eigenvalue weighted by Gasteiger charge is -2.16. The van der Waals surface area contributed by atoms with Crippen molar-refractivity contribution in [1.82, 2.24) is 10.3 Å². The molecule has 0 aliphatic carbocycles. The van der Waals surface area contributed by atoms with E-state index in [1.165, 1.54) is 12.1 Å². The first kappa shape index (κ1) is 15.4. The summed E-state index contributed by atoms with van der Waals surface area (Å²) in [5.41, 5.74) is 4.10. The smallest absolute Gasteiger partial charge is 0.128 e. The average molecular weight is 288 g/mol. The topological polar surface area (TPSA) is 34.1 Å². The monoisotopic (exact) mass is 288 g/mol. The van der Waals surface area contributed by atoms with Crippen LogP contribution in [0.3, 0.4) is 0 Å². The van der Waals surface area contributed by atoms with E-state index in [0.29, 0.717) is 6.54 Å². The van der Waals surface area contributed by atoms with Crippen molar-refractivity contribution >= 4 is 0 Å². The summed E-state index contributed by atoms with van der Waals surface area (Å²) in [6, 6.07) is 6.67. The zero-order valence-electron chi connectivity index (χ0n) is 12.9. The number of aromatic nitrogens is 1. The van der Waals surface area contributed by atoms with Crippen LogP contribution in [0.25, 0.3) is 0 Å². The van der Waals surface area contributed by atoms with Crippen LogP contribution in [0.1, 0.15) is 35.3 Å². The number of benzene rings is 1. The van der Waals surface area contributed by atoms with Crippen LogP contribution in [-0.4, -0.2) is 12.1 Å². The Bertz CT molecular complexity index is 611. The van der Waals surface area contributed by atoms with E-state index in [0.717, 1.165) is 28.1 Å². The number of hydrogen-bond donors (Lipinski definition) is 1. The maximum atomic E-state index is 12.9. The van der Waals surface area contributed by atoms with Gasteiger partial charge in [-0.05, 0) is 38.5 Å². The van der Waals surface area contributed by atoms with Gasteiger partial charge in [0.15, 0.2) is 0 Å². The molecule has 0 fully saturated rings. The number of methoxy groups -OCH3 is 1. The van der Waals surface area contributed by atoms with Gasteiger partial charge in [-0.2, -0.15) is 0 Å². The normalized spacial score (nSPS) is 12.2. The quantitative estimate of drug-likeness (QED) is 0.911. The van der Waals surface area contributed by atoms with Gasteiger partial charge in [0.2, 0.25) is 0 Å². The van der Waals surface area contributed by atoms with Crippen molar-refractivity contribution < 1.29 is 9.13 Å². The summed E-state index contributed by atoms with van der Waals surface area (Å²) in [4.78, 5) is 4.46. The zero-order valence-corrected chi connectivity index (χ0v) is 12.9. The molecule has 2 aromatic rings. The summed E-state index contributed by atoms with van der Waals surface area (Å²) in [6.45, 7) is 6.69. The Morgan fingerprint density at radius 1 is 1.24 bits per heavy atom. The van der Waals surface area contributed by atoms with Crippen molar-refractivity contribution in [3.8, 4) is 5.75 Å². The molecule has 4 heteroatoms. The summed E-state index contributed by atoms with van der Waals surface area (Å²) in [5, 5.41) is 3.41. The van der Waals surface area contributed by atoms with E-state index >= 15 is 0 Å². The van der Waals surface area contributed by atoms with Gasteiger partial charge in [-0.3, -0.25) is 4.98 Å². The molecule has 0 saturated heterocycles. The Kier molecular flexibility index (Phi) is 4.91. The molecule has 0 bridgehead atoms. The van der Waals surface area contributed by atoms with E-state index in [1.54, 1.807) is 19.2 Å². The molecule has 0 aliphatic rings. The molecule has 0 saturated carbocycles. The van der Waals surface area contributed by atoms with Crippen molar-refractivity contribution in [2.45, 2.75) is 33.4 Å². The molecule has 0 aliphatic heterocycles. The third-order valence-corrected chi connectivity index (χ3v) is 3.70. The van der Waals surface area contributed by atoms with Crippen LogP contribution < -0.4 is 10.1 Å². The lowest BCUT2D eigenvalue weighted by Crippen LogP contribution is -2.19. The number of pyridine rings is 1. The second-order valence-corrected chi connectivity index (χ2v) is 5.20. The third kappa shape index (κ3) is 3.58. The van der Waals surface area contributed by atoms with E-state index < -0.39 is 0 Å². The molecule has 0 unspecified atom stereocenters. The van der Waals surface area contributed by atoms with Crippen LogP contribution in [0.4, 0.5) is 4.39 Å². The standard InChI is InChI=1S/C17H21FN2O/c1-11-9-20-16(12(2)17(11)21-4)10-19-13(3)14-5-7-15(18)8-6-14/h5-9,13,19H,10H2,1-4H3/t13-/m1/s1. The number of rotatable bonds is 5. The number of nitrogens with zero attached hydrogens (tertiary/aromatic N) is 1. The zero-order chi connectivity index (χ0) is 15.4. The first-order valence-electron chi connectivity index (χ1n) is 7.01. The van der Waals surface area contributed by atoms with Crippen LogP contribution in [0.15, 0.2) is 30.5 Å². The van der Waals surface area contributed by atoms with Gasteiger partial charge < -0.3 is 10.1 Å².